The first-order chi connectivity index (χ1) is 11.0. The maximum absolute atomic E-state index is 12.4. The van der Waals surface area contributed by atoms with Crippen molar-refractivity contribution < 1.29 is 14.3 Å². The van der Waals surface area contributed by atoms with Crippen molar-refractivity contribution in [2.45, 2.75) is 46.6 Å². The van der Waals surface area contributed by atoms with E-state index in [2.05, 4.69) is 19.2 Å². The van der Waals surface area contributed by atoms with E-state index in [1.54, 1.807) is 18.2 Å². The molecule has 0 aromatic heterocycles. The fourth-order valence-corrected chi connectivity index (χ4v) is 2.30. The van der Waals surface area contributed by atoms with Crippen LogP contribution in [-0.4, -0.2) is 31.7 Å². The number of carbonyl (C=O) groups excluding carboxylic acids is 1. The fraction of sp³-hybridized carbons (Fsp3) is 0.611. The largest absolute Gasteiger partial charge is 0.490 e. The molecule has 0 saturated heterocycles. The molecule has 0 saturated carbocycles. The average molecular weight is 359 g/mol. The highest BCUT2D eigenvalue weighted by Gasteiger charge is 2.16. The zero-order chi connectivity index (χ0) is 17.2. The van der Waals surface area contributed by atoms with E-state index in [1.165, 1.54) is 0 Å². The van der Waals surface area contributed by atoms with Crippen molar-refractivity contribution in [2.24, 2.45) is 11.7 Å². The Bertz CT molecular complexity index is 495. The van der Waals surface area contributed by atoms with E-state index in [4.69, 9.17) is 15.2 Å². The quantitative estimate of drug-likeness (QED) is 0.672. The van der Waals surface area contributed by atoms with Gasteiger partial charge >= 0.3 is 0 Å². The first-order valence-electron chi connectivity index (χ1n) is 8.42. The summed E-state index contributed by atoms with van der Waals surface area (Å²) in [7, 11) is 0. The van der Waals surface area contributed by atoms with Gasteiger partial charge in [-0.05, 0) is 43.9 Å². The van der Waals surface area contributed by atoms with Crippen LogP contribution in [0.15, 0.2) is 18.2 Å². The fourth-order valence-electron chi connectivity index (χ4n) is 2.30. The number of hydrogen-bond acceptors (Lipinski definition) is 4. The van der Waals surface area contributed by atoms with Crippen molar-refractivity contribution in [2.75, 3.05) is 19.8 Å². The first-order valence-corrected chi connectivity index (χ1v) is 8.42. The summed E-state index contributed by atoms with van der Waals surface area (Å²) in [5, 5.41) is 2.99. The Kier molecular flexibility index (Phi) is 11.3. The van der Waals surface area contributed by atoms with Crippen LogP contribution in [0.25, 0.3) is 0 Å². The highest BCUT2D eigenvalue weighted by Crippen LogP contribution is 2.28. The normalized spacial score (nSPS) is 11.6. The van der Waals surface area contributed by atoms with Crippen LogP contribution in [0.1, 0.15) is 50.9 Å². The Morgan fingerprint density at radius 1 is 1.21 bits per heavy atom. The van der Waals surface area contributed by atoms with Gasteiger partial charge in [0.2, 0.25) is 0 Å². The predicted octanol–water partition coefficient (Wildman–Crippen LogP) is 3.40. The predicted molar refractivity (Wildman–Crippen MR) is 100 cm³/mol. The van der Waals surface area contributed by atoms with Crippen LogP contribution in [0.5, 0.6) is 11.5 Å². The molecule has 5 nitrogen and oxygen atoms in total. The maximum atomic E-state index is 12.4. The number of ether oxygens (including phenoxy) is 2. The van der Waals surface area contributed by atoms with E-state index in [1.807, 2.05) is 13.8 Å². The van der Waals surface area contributed by atoms with Gasteiger partial charge in [-0.1, -0.05) is 20.8 Å². The maximum Gasteiger partial charge on any atom is 0.251 e. The molecule has 24 heavy (non-hydrogen) atoms. The van der Waals surface area contributed by atoms with Gasteiger partial charge in [0.05, 0.1) is 13.2 Å². The van der Waals surface area contributed by atoms with Crippen molar-refractivity contribution >= 4 is 18.3 Å². The standard InChI is InChI=1S/C18H30N2O3.ClH/c1-5-9-23-16-8-7-14(11-17(16)22-6-2)18(21)20-15(12-19)10-13(3)4;/h7-8,11,13,15H,5-6,9-10,12,19H2,1-4H3,(H,20,21);1H. The molecule has 0 aliphatic rings. The molecule has 1 atom stereocenters. The van der Waals surface area contributed by atoms with E-state index in [9.17, 15) is 4.79 Å². The monoisotopic (exact) mass is 358 g/mol. The number of amides is 1. The smallest absolute Gasteiger partial charge is 0.251 e. The Hall–Kier alpha value is -1.46. The van der Waals surface area contributed by atoms with E-state index in [0.29, 0.717) is 42.7 Å². The number of carbonyl (C=O) groups is 1. The topological polar surface area (TPSA) is 73.6 Å². The number of benzene rings is 1. The Balaban J connectivity index is 0.00000529. The molecule has 0 radical (unpaired) electrons. The van der Waals surface area contributed by atoms with Crippen LogP contribution in [0.2, 0.25) is 0 Å². The van der Waals surface area contributed by atoms with Crippen molar-refractivity contribution in [1.29, 1.82) is 0 Å². The van der Waals surface area contributed by atoms with Crippen LogP contribution in [-0.2, 0) is 0 Å². The van der Waals surface area contributed by atoms with Crippen molar-refractivity contribution in [1.82, 2.24) is 5.32 Å². The molecule has 6 heteroatoms. The van der Waals surface area contributed by atoms with E-state index >= 15 is 0 Å². The van der Waals surface area contributed by atoms with Crippen LogP contribution in [0.4, 0.5) is 0 Å². The first kappa shape index (κ1) is 22.5. The minimum absolute atomic E-state index is 0. The van der Waals surface area contributed by atoms with Gasteiger partial charge in [0.15, 0.2) is 11.5 Å². The average Bonchev–Trinajstić information content (AvgIpc) is 2.52. The van der Waals surface area contributed by atoms with Crippen molar-refractivity contribution in [3.05, 3.63) is 23.8 Å². The van der Waals surface area contributed by atoms with E-state index in [0.717, 1.165) is 12.8 Å². The lowest BCUT2D eigenvalue weighted by Gasteiger charge is -2.19. The molecule has 1 rings (SSSR count). The zero-order valence-corrected chi connectivity index (χ0v) is 15.9. The highest BCUT2D eigenvalue weighted by molar-refractivity contribution is 5.95. The Morgan fingerprint density at radius 2 is 1.92 bits per heavy atom. The summed E-state index contributed by atoms with van der Waals surface area (Å²) in [4.78, 5) is 12.4. The van der Waals surface area contributed by atoms with Gasteiger partial charge in [-0.2, -0.15) is 0 Å². The number of hydrogen-bond donors (Lipinski definition) is 2. The SMILES string of the molecule is CCCOc1ccc(C(=O)NC(CN)CC(C)C)cc1OCC.Cl. The molecule has 138 valence electrons. The van der Waals surface area contributed by atoms with Crippen LogP contribution in [0, 0.1) is 5.92 Å². The van der Waals surface area contributed by atoms with Crippen LogP contribution in [0.3, 0.4) is 0 Å². The molecule has 1 aromatic rings. The molecule has 0 aliphatic carbocycles. The third-order valence-corrected chi connectivity index (χ3v) is 3.34. The Morgan fingerprint density at radius 3 is 2.46 bits per heavy atom. The molecule has 1 aromatic carbocycles. The molecule has 3 N–H and O–H groups in total. The molecule has 0 aliphatic heterocycles. The summed E-state index contributed by atoms with van der Waals surface area (Å²) < 4.78 is 11.2. The van der Waals surface area contributed by atoms with Gasteiger partial charge < -0.3 is 20.5 Å². The molecular formula is C18H31ClN2O3. The molecule has 1 unspecified atom stereocenters. The molecule has 0 fully saturated rings. The lowest BCUT2D eigenvalue weighted by atomic mass is 10.0. The molecule has 0 bridgehead atoms. The number of rotatable bonds is 10. The third kappa shape index (κ3) is 7.41. The van der Waals surface area contributed by atoms with Crippen LogP contribution < -0.4 is 20.5 Å². The summed E-state index contributed by atoms with van der Waals surface area (Å²) in [5.74, 6) is 1.61. The minimum atomic E-state index is -0.135. The van der Waals surface area contributed by atoms with Crippen molar-refractivity contribution in [3.63, 3.8) is 0 Å². The van der Waals surface area contributed by atoms with E-state index in [-0.39, 0.29) is 24.4 Å². The van der Waals surface area contributed by atoms with Gasteiger partial charge in [-0.25, -0.2) is 0 Å². The lowest BCUT2D eigenvalue weighted by Crippen LogP contribution is -2.41. The summed E-state index contributed by atoms with van der Waals surface area (Å²) >= 11 is 0. The molecule has 0 spiro atoms. The second kappa shape index (κ2) is 12.0. The summed E-state index contributed by atoms with van der Waals surface area (Å²) in [6.45, 7) is 9.75. The summed E-state index contributed by atoms with van der Waals surface area (Å²) in [6, 6.07) is 5.25. The Labute approximate surface area is 151 Å². The van der Waals surface area contributed by atoms with Gasteiger partial charge in [0.1, 0.15) is 0 Å². The van der Waals surface area contributed by atoms with E-state index < -0.39 is 0 Å². The molecule has 1 amide bonds. The highest BCUT2D eigenvalue weighted by atomic mass is 35.5. The third-order valence-electron chi connectivity index (χ3n) is 3.34. The lowest BCUT2D eigenvalue weighted by molar-refractivity contribution is 0.0933. The number of halogens is 1. The second-order valence-electron chi connectivity index (χ2n) is 5.98. The van der Waals surface area contributed by atoms with Gasteiger partial charge in [-0.3, -0.25) is 4.79 Å². The van der Waals surface area contributed by atoms with Crippen molar-refractivity contribution in [3.8, 4) is 11.5 Å². The molecule has 0 heterocycles. The van der Waals surface area contributed by atoms with Gasteiger partial charge in [0.25, 0.3) is 5.91 Å². The van der Waals surface area contributed by atoms with Crippen LogP contribution >= 0.6 is 12.4 Å². The second-order valence-corrected chi connectivity index (χ2v) is 5.98. The minimum Gasteiger partial charge on any atom is -0.490 e. The van der Waals surface area contributed by atoms with Gasteiger partial charge in [0, 0.05) is 18.2 Å². The summed E-state index contributed by atoms with van der Waals surface area (Å²) in [6.07, 6.45) is 1.78. The van der Waals surface area contributed by atoms with Gasteiger partial charge in [-0.15, -0.1) is 12.4 Å². The number of nitrogens with one attached hydrogen (secondary N) is 1. The number of nitrogens with two attached hydrogens (primary N) is 1. The zero-order valence-electron chi connectivity index (χ0n) is 15.1. The summed E-state index contributed by atoms with van der Waals surface area (Å²) in [5.41, 5.74) is 6.30. The molecular weight excluding hydrogens is 328 g/mol.